The van der Waals surface area contributed by atoms with E-state index < -0.39 is 0 Å². The van der Waals surface area contributed by atoms with Gasteiger partial charge in [-0.1, -0.05) is 11.3 Å². The highest BCUT2D eigenvalue weighted by molar-refractivity contribution is 7.21. The summed E-state index contributed by atoms with van der Waals surface area (Å²) in [5.74, 6) is 0. The van der Waals surface area contributed by atoms with Crippen molar-refractivity contribution in [3.05, 3.63) is 48.7 Å². The molecule has 4 aromatic heterocycles. The molecule has 0 N–H and O–H groups in total. The van der Waals surface area contributed by atoms with Gasteiger partial charge in [-0.05, 0) is 18.2 Å². The van der Waals surface area contributed by atoms with Gasteiger partial charge in [-0.3, -0.25) is 4.98 Å². The van der Waals surface area contributed by atoms with Crippen LogP contribution < -0.4 is 4.57 Å². The minimum atomic E-state index is 0.849. The van der Waals surface area contributed by atoms with Crippen LogP contribution in [-0.2, 0) is 6.54 Å². The highest BCUT2D eigenvalue weighted by Gasteiger charge is 2.34. The maximum atomic E-state index is 4.51. The number of fused-ring (bicyclic) bond motifs is 7. The van der Waals surface area contributed by atoms with Gasteiger partial charge in [-0.15, -0.1) is 0 Å². The van der Waals surface area contributed by atoms with Crippen molar-refractivity contribution in [3.8, 4) is 10.6 Å². The molecule has 5 heterocycles. The van der Waals surface area contributed by atoms with Gasteiger partial charge in [0.05, 0.1) is 5.56 Å². The Morgan fingerprint density at radius 3 is 3.16 bits per heavy atom. The zero-order valence-electron chi connectivity index (χ0n) is 9.95. The highest BCUT2D eigenvalue weighted by atomic mass is 32.1. The molecule has 5 rings (SSSR count). The van der Waals surface area contributed by atoms with Crippen LogP contribution in [0, 0.1) is 0 Å². The molecule has 4 nitrogen and oxygen atoms in total. The quantitative estimate of drug-likeness (QED) is 0.402. The Morgan fingerprint density at radius 1 is 1.21 bits per heavy atom. The van der Waals surface area contributed by atoms with Gasteiger partial charge >= 0.3 is 0 Å². The van der Waals surface area contributed by atoms with Gasteiger partial charge in [0.2, 0.25) is 5.65 Å². The molecule has 1 aliphatic heterocycles. The lowest BCUT2D eigenvalue weighted by Gasteiger charge is -1.90. The molecule has 0 aromatic carbocycles. The molecule has 0 saturated heterocycles. The number of pyridine rings is 1. The minimum Gasteiger partial charge on any atom is -0.301 e. The van der Waals surface area contributed by atoms with Gasteiger partial charge in [-0.2, -0.15) is 4.57 Å². The summed E-state index contributed by atoms with van der Waals surface area (Å²) in [7, 11) is 0. The Labute approximate surface area is 112 Å². The molecule has 0 unspecified atom stereocenters. The number of thiazole rings is 1. The van der Waals surface area contributed by atoms with E-state index in [1.165, 1.54) is 20.8 Å². The monoisotopic (exact) mass is 265 g/mol. The summed E-state index contributed by atoms with van der Waals surface area (Å²) >= 11 is 1.82. The summed E-state index contributed by atoms with van der Waals surface area (Å²) in [6.07, 6.45) is 7.91. The smallest absolute Gasteiger partial charge is 0.272 e. The van der Waals surface area contributed by atoms with Crippen LogP contribution in [0.5, 0.6) is 0 Å². The maximum Gasteiger partial charge on any atom is 0.272 e. The van der Waals surface area contributed by atoms with Gasteiger partial charge in [0.15, 0.2) is 6.54 Å². The van der Waals surface area contributed by atoms with Crippen LogP contribution in [0.15, 0.2) is 43.0 Å². The lowest BCUT2D eigenvalue weighted by atomic mass is 10.2. The van der Waals surface area contributed by atoms with Crippen LogP contribution in [0.2, 0.25) is 0 Å². The topological polar surface area (TPSA) is 34.1 Å². The van der Waals surface area contributed by atoms with Crippen molar-refractivity contribution in [2.45, 2.75) is 6.54 Å². The molecule has 0 saturated carbocycles. The van der Waals surface area contributed by atoms with Crippen molar-refractivity contribution >= 4 is 27.2 Å². The Kier molecular flexibility index (Phi) is 1.62. The molecule has 4 aromatic rings. The van der Waals surface area contributed by atoms with E-state index in [4.69, 9.17) is 0 Å². The second-order valence-corrected chi connectivity index (χ2v) is 5.71. The molecule has 0 spiro atoms. The van der Waals surface area contributed by atoms with E-state index in [1.54, 1.807) is 0 Å². The van der Waals surface area contributed by atoms with E-state index in [2.05, 4.69) is 31.2 Å². The molecule has 19 heavy (non-hydrogen) atoms. The summed E-state index contributed by atoms with van der Waals surface area (Å²) in [4.78, 5) is 8.99. The van der Waals surface area contributed by atoms with Gasteiger partial charge < -0.3 is 4.40 Å². The first-order chi connectivity index (χ1) is 9.42. The molecule has 90 valence electrons. The zero-order chi connectivity index (χ0) is 12.4. The first-order valence-corrected chi connectivity index (χ1v) is 6.96. The first-order valence-electron chi connectivity index (χ1n) is 6.14. The average Bonchev–Trinajstić information content (AvgIpc) is 3.05. The summed E-state index contributed by atoms with van der Waals surface area (Å²) in [6.45, 7) is 0.849. The minimum absolute atomic E-state index is 0.849. The number of nitrogens with zero attached hydrogens (tertiary/aromatic N) is 4. The number of aromatic nitrogens is 4. The van der Waals surface area contributed by atoms with E-state index in [0.717, 1.165) is 17.9 Å². The summed E-state index contributed by atoms with van der Waals surface area (Å²) in [5.41, 5.74) is 4.66. The van der Waals surface area contributed by atoms with E-state index in [1.807, 2.05) is 42.1 Å². The van der Waals surface area contributed by atoms with Crippen molar-refractivity contribution in [2.75, 3.05) is 0 Å². The summed E-state index contributed by atoms with van der Waals surface area (Å²) in [6, 6.07) is 6.11. The lowest BCUT2D eigenvalue weighted by molar-refractivity contribution is -0.641. The van der Waals surface area contributed by atoms with Crippen LogP contribution in [0.1, 0.15) is 5.69 Å². The number of hydrogen-bond acceptors (Lipinski definition) is 3. The molecule has 0 radical (unpaired) electrons. The van der Waals surface area contributed by atoms with Gasteiger partial charge in [0.1, 0.15) is 10.4 Å². The van der Waals surface area contributed by atoms with Crippen LogP contribution in [0.25, 0.3) is 26.4 Å². The third kappa shape index (κ3) is 1.11. The molecular formula is C14H9N4S+. The highest BCUT2D eigenvalue weighted by Crippen LogP contribution is 2.35. The predicted octanol–water partition coefficient (Wildman–Crippen LogP) is 2.26. The van der Waals surface area contributed by atoms with Crippen molar-refractivity contribution < 1.29 is 4.57 Å². The molecule has 0 amide bonds. The molecule has 0 fully saturated rings. The van der Waals surface area contributed by atoms with E-state index in [0.29, 0.717) is 0 Å². The fraction of sp³-hybridized carbons (Fsp3) is 0.0714. The van der Waals surface area contributed by atoms with Crippen LogP contribution in [0.4, 0.5) is 0 Å². The van der Waals surface area contributed by atoms with E-state index in [9.17, 15) is 0 Å². The molecule has 0 aliphatic carbocycles. The largest absolute Gasteiger partial charge is 0.301 e. The maximum absolute atomic E-state index is 4.51. The van der Waals surface area contributed by atoms with Gasteiger partial charge in [0, 0.05) is 24.8 Å². The third-order valence-electron chi connectivity index (χ3n) is 3.63. The third-order valence-corrected chi connectivity index (χ3v) is 4.78. The molecule has 0 atom stereocenters. The van der Waals surface area contributed by atoms with Crippen LogP contribution in [-0.4, -0.2) is 14.4 Å². The van der Waals surface area contributed by atoms with E-state index in [-0.39, 0.29) is 0 Å². The first kappa shape index (κ1) is 9.63. The van der Waals surface area contributed by atoms with Crippen molar-refractivity contribution in [2.24, 2.45) is 0 Å². The van der Waals surface area contributed by atoms with Gasteiger partial charge in [0.25, 0.3) is 10.5 Å². The van der Waals surface area contributed by atoms with Crippen molar-refractivity contribution in [3.63, 3.8) is 0 Å². The predicted molar refractivity (Wildman–Crippen MR) is 73.1 cm³/mol. The molecule has 1 aliphatic rings. The number of hydrogen-bond donors (Lipinski definition) is 0. The van der Waals surface area contributed by atoms with Crippen molar-refractivity contribution in [1.82, 2.24) is 14.4 Å². The Bertz CT molecular complexity index is 951. The molecule has 5 heteroatoms. The fourth-order valence-corrected chi connectivity index (χ4v) is 4.05. The Balaban J connectivity index is 1.94. The Hall–Kier alpha value is -2.27. The average molecular weight is 265 g/mol. The number of rotatable bonds is 0. The molecule has 0 bridgehead atoms. The second-order valence-electron chi connectivity index (χ2n) is 4.68. The van der Waals surface area contributed by atoms with Crippen LogP contribution in [0.3, 0.4) is 0 Å². The second kappa shape index (κ2) is 3.19. The van der Waals surface area contributed by atoms with Crippen molar-refractivity contribution in [1.29, 1.82) is 0 Å². The SMILES string of the molecule is c1cnc2c(c1)-c1sc3cn4cccnc4c3[n+]1C2. The summed E-state index contributed by atoms with van der Waals surface area (Å²) < 4.78 is 5.70. The zero-order valence-corrected chi connectivity index (χ0v) is 10.8. The molecular weight excluding hydrogens is 256 g/mol. The normalized spacial score (nSPS) is 13.1. The van der Waals surface area contributed by atoms with E-state index >= 15 is 0 Å². The fourth-order valence-electron chi connectivity index (χ4n) is 2.82. The summed E-state index contributed by atoms with van der Waals surface area (Å²) in [5, 5.41) is 1.29. The van der Waals surface area contributed by atoms with Crippen LogP contribution >= 0.6 is 11.3 Å². The Morgan fingerprint density at radius 2 is 2.16 bits per heavy atom. The lowest BCUT2D eigenvalue weighted by Crippen LogP contribution is -2.30. The standard InChI is InChI=1S/C14H9N4S/c1-3-9-10(15-4-1)7-18-12-11(19-14(9)18)8-17-6-2-5-16-13(12)17/h1-6,8H,7H2/q+1. The van der Waals surface area contributed by atoms with Gasteiger partial charge in [-0.25, -0.2) is 4.98 Å².